The Hall–Kier alpha value is -2.14. The zero-order valence-corrected chi connectivity index (χ0v) is 15.1. The predicted octanol–water partition coefficient (Wildman–Crippen LogP) is 2.55. The summed E-state index contributed by atoms with van der Waals surface area (Å²) < 4.78 is 1.80. The van der Waals surface area contributed by atoms with Gasteiger partial charge in [0.15, 0.2) is 0 Å². The number of likely N-dealkylation sites (tertiary alicyclic amines) is 1. The maximum Gasteiger partial charge on any atom is 0.222 e. The van der Waals surface area contributed by atoms with Crippen molar-refractivity contribution in [2.24, 2.45) is 11.8 Å². The number of aromatic nitrogens is 2. The molecule has 0 bridgehead atoms. The molecule has 1 aliphatic rings. The van der Waals surface area contributed by atoms with Crippen molar-refractivity contribution in [3.63, 3.8) is 0 Å². The number of nitrogens with zero attached hydrogens (tertiary/aromatic N) is 3. The molecule has 1 fully saturated rings. The lowest BCUT2D eigenvalue weighted by Gasteiger charge is -2.41. The molecule has 0 aliphatic carbocycles. The van der Waals surface area contributed by atoms with Crippen LogP contribution in [0, 0.1) is 11.8 Å². The van der Waals surface area contributed by atoms with E-state index in [1.807, 2.05) is 12.3 Å². The van der Waals surface area contributed by atoms with Gasteiger partial charge in [-0.25, -0.2) is 0 Å². The Bertz CT molecular complexity index is 644. The van der Waals surface area contributed by atoms with E-state index in [0.717, 1.165) is 19.6 Å². The Morgan fingerprint density at radius 1 is 1.16 bits per heavy atom. The summed E-state index contributed by atoms with van der Waals surface area (Å²) >= 11 is 0. The summed E-state index contributed by atoms with van der Waals surface area (Å²) in [6.45, 7) is 8.13. The molecule has 1 amide bonds. The number of aryl methyl sites for hydroxylation is 1. The lowest BCUT2D eigenvalue weighted by molar-refractivity contribution is -0.123. The molecule has 2 unspecified atom stereocenters. The van der Waals surface area contributed by atoms with Gasteiger partial charge in [0.2, 0.25) is 5.91 Å². The van der Waals surface area contributed by atoms with E-state index in [0.29, 0.717) is 24.8 Å². The van der Waals surface area contributed by atoms with E-state index in [1.165, 1.54) is 5.56 Å². The number of hydrogen-bond donors (Lipinski definition) is 1. The fourth-order valence-corrected chi connectivity index (χ4v) is 3.84. The summed E-state index contributed by atoms with van der Waals surface area (Å²) in [6, 6.07) is 12.7. The number of nitrogens with one attached hydrogen (secondary N) is 1. The van der Waals surface area contributed by atoms with Crippen LogP contribution >= 0.6 is 0 Å². The summed E-state index contributed by atoms with van der Waals surface area (Å²) in [6.07, 6.45) is 4.11. The van der Waals surface area contributed by atoms with Gasteiger partial charge in [-0.15, -0.1) is 0 Å². The van der Waals surface area contributed by atoms with Crippen LogP contribution in [0.15, 0.2) is 48.8 Å². The predicted molar refractivity (Wildman–Crippen MR) is 98.8 cm³/mol. The van der Waals surface area contributed by atoms with Gasteiger partial charge in [-0.05, 0) is 23.5 Å². The molecule has 1 saturated heterocycles. The van der Waals surface area contributed by atoms with Crippen LogP contribution in [-0.2, 0) is 17.9 Å². The quantitative estimate of drug-likeness (QED) is 0.879. The van der Waals surface area contributed by atoms with Crippen LogP contribution in [0.5, 0.6) is 0 Å². The average Bonchev–Trinajstić information content (AvgIpc) is 3.11. The Morgan fingerprint density at radius 3 is 2.52 bits per heavy atom. The maximum atomic E-state index is 12.3. The first-order valence-electron chi connectivity index (χ1n) is 9.15. The van der Waals surface area contributed by atoms with Gasteiger partial charge in [-0.2, -0.15) is 5.10 Å². The van der Waals surface area contributed by atoms with E-state index in [2.05, 4.69) is 59.5 Å². The van der Waals surface area contributed by atoms with Crippen LogP contribution in [-0.4, -0.2) is 39.7 Å². The molecule has 5 heteroatoms. The van der Waals surface area contributed by atoms with Crippen molar-refractivity contribution >= 4 is 5.91 Å². The molecular formula is C20H28N4O. The highest BCUT2D eigenvalue weighted by atomic mass is 16.1. The van der Waals surface area contributed by atoms with Crippen LogP contribution in [0.2, 0.25) is 0 Å². The van der Waals surface area contributed by atoms with Gasteiger partial charge in [-0.3, -0.25) is 14.4 Å². The highest BCUT2D eigenvalue weighted by Gasteiger charge is 2.32. The molecule has 3 rings (SSSR count). The zero-order valence-electron chi connectivity index (χ0n) is 15.1. The first-order chi connectivity index (χ1) is 12.1. The molecule has 0 spiro atoms. The van der Waals surface area contributed by atoms with Crippen LogP contribution in [0.4, 0.5) is 0 Å². The molecule has 2 heterocycles. The minimum Gasteiger partial charge on any atom is -0.353 e. The van der Waals surface area contributed by atoms with Crippen molar-refractivity contribution in [1.29, 1.82) is 0 Å². The number of carbonyl (C=O) groups is 1. The number of amides is 1. The molecule has 0 saturated carbocycles. The lowest BCUT2D eigenvalue weighted by atomic mass is 9.85. The maximum absolute atomic E-state index is 12.3. The summed E-state index contributed by atoms with van der Waals surface area (Å²) in [4.78, 5) is 14.8. The second kappa shape index (κ2) is 8.30. The van der Waals surface area contributed by atoms with Gasteiger partial charge in [0.25, 0.3) is 0 Å². The average molecular weight is 340 g/mol. The first kappa shape index (κ1) is 17.7. The van der Waals surface area contributed by atoms with Crippen molar-refractivity contribution in [2.75, 3.05) is 13.1 Å². The fraction of sp³-hybridized carbons (Fsp3) is 0.500. The van der Waals surface area contributed by atoms with Crippen molar-refractivity contribution < 1.29 is 4.79 Å². The molecule has 1 aliphatic heterocycles. The third-order valence-electron chi connectivity index (χ3n) is 5.02. The summed E-state index contributed by atoms with van der Waals surface area (Å²) in [7, 11) is 0. The minimum atomic E-state index is 0.121. The molecule has 25 heavy (non-hydrogen) atoms. The highest BCUT2D eigenvalue weighted by Crippen LogP contribution is 2.23. The third-order valence-corrected chi connectivity index (χ3v) is 5.02. The van der Waals surface area contributed by atoms with Crippen molar-refractivity contribution in [3.8, 4) is 0 Å². The largest absolute Gasteiger partial charge is 0.353 e. The Balaban J connectivity index is 1.49. The summed E-state index contributed by atoms with van der Waals surface area (Å²) in [5, 5.41) is 7.40. The number of hydrogen-bond acceptors (Lipinski definition) is 3. The SMILES string of the molecule is CC1CN(Cc2ccccc2)CC(C)C1NC(=O)CCn1cccn1. The van der Waals surface area contributed by atoms with E-state index in [1.54, 1.807) is 10.9 Å². The van der Waals surface area contributed by atoms with Gasteiger partial charge in [0.05, 0.1) is 0 Å². The Morgan fingerprint density at radius 2 is 1.88 bits per heavy atom. The van der Waals surface area contributed by atoms with Crippen molar-refractivity contribution in [3.05, 3.63) is 54.4 Å². The van der Waals surface area contributed by atoms with E-state index >= 15 is 0 Å². The van der Waals surface area contributed by atoms with Crippen molar-refractivity contribution in [2.45, 2.75) is 39.4 Å². The molecule has 1 aromatic carbocycles. The van der Waals surface area contributed by atoms with Gasteiger partial charge >= 0.3 is 0 Å². The van der Waals surface area contributed by atoms with Crippen LogP contribution in [0.25, 0.3) is 0 Å². The van der Waals surface area contributed by atoms with Crippen molar-refractivity contribution in [1.82, 2.24) is 20.0 Å². The molecule has 134 valence electrons. The van der Waals surface area contributed by atoms with E-state index in [4.69, 9.17) is 0 Å². The van der Waals surface area contributed by atoms with Crippen LogP contribution in [0.3, 0.4) is 0 Å². The van der Waals surface area contributed by atoms with Gasteiger partial charge in [0.1, 0.15) is 0 Å². The van der Waals surface area contributed by atoms with E-state index in [9.17, 15) is 4.79 Å². The fourth-order valence-electron chi connectivity index (χ4n) is 3.84. The smallest absolute Gasteiger partial charge is 0.222 e. The number of carbonyl (C=O) groups excluding carboxylic acids is 1. The second-order valence-corrected chi connectivity index (χ2v) is 7.25. The van der Waals surface area contributed by atoms with Crippen LogP contribution < -0.4 is 5.32 Å². The standard InChI is InChI=1S/C20H28N4O/c1-16-13-23(15-18-7-4-3-5-8-18)14-17(2)20(16)22-19(25)9-12-24-11-6-10-21-24/h3-8,10-11,16-17,20H,9,12-15H2,1-2H3,(H,22,25). The monoisotopic (exact) mass is 340 g/mol. The summed E-state index contributed by atoms with van der Waals surface area (Å²) in [5.74, 6) is 1.01. The molecule has 2 atom stereocenters. The molecule has 2 aromatic rings. The number of rotatable bonds is 6. The van der Waals surface area contributed by atoms with Crippen LogP contribution in [0.1, 0.15) is 25.8 Å². The molecule has 1 N–H and O–H groups in total. The molecular weight excluding hydrogens is 312 g/mol. The summed E-state index contributed by atoms with van der Waals surface area (Å²) in [5.41, 5.74) is 1.35. The third kappa shape index (κ3) is 4.92. The Kier molecular flexibility index (Phi) is 5.87. The molecule has 5 nitrogen and oxygen atoms in total. The van der Waals surface area contributed by atoms with Gasteiger partial charge in [0, 0.05) is 51.0 Å². The lowest BCUT2D eigenvalue weighted by Crippen LogP contribution is -2.54. The first-order valence-corrected chi connectivity index (χ1v) is 9.15. The Labute approximate surface area is 150 Å². The minimum absolute atomic E-state index is 0.121. The molecule has 1 aromatic heterocycles. The normalized spacial score (nSPS) is 24.2. The second-order valence-electron chi connectivity index (χ2n) is 7.25. The molecule has 0 radical (unpaired) electrons. The van der Waals surface area contributed by atoms with E-state index in [-0.39, 0.29) is 11.9 Å². The van der Waals surface area contributed by atoms with Gasteiger partial charge < -0.3 is 5.32 Å². The highest BCUT2D eigenvalue weighted by molar-refractivity contribution is 5.76. The number of benzene rings is 1. The zero-order chi connectivity index (χ0) is 17.6. The topological polar surface area (TPSA) is 50.2 Å². The van der Waals surface area contributed by atoms with E-state index < -0.39 is 0 Å². The van der Waals surface area contributed by atoms with Gasteiger partial charge in [-0.1, -0.05) is 44.2 Å². The number of piperidine rings is 1.